The fourth-order valence-electron chi connectivity index (χ4n) is 3.41. The van der Waals surface area contributed by atoms with Crippen LogP contribution in [0.2, 0.25) is 0 Å². The number of rotatable bonds is 7. The molecule has 3 heterocycles. The number of hydrogen-bond donors (Lipinski definition) is 2. The van der Waals surface area contributed by atoms with Gasteiger partial charge in [-0.3, -0.25) is 4.79 Å². The van der Waals surface area contributed by atoms with Gasteiger partial charge in [-0.1, -0.05) is 24.3 Å². The van der Waals surface area contributed by atoms with E-state index in [1.165, 1.54) is 0 Å². The summed E-state index contributed by atoms with van der Waals surface area (Å²) >= 11 is 1.59. The maximum absolute atomic E-state index is 12.8. The van der Waals surface area contributed by atoms with E-state index in [2.05, 4.69) is 9.88 Å². The highest BCUT2D eigenvalue weighted by Crippen LogP contribution is 2.25. The summed E-state index contributed by atoms with van der Waals surface area (Å²) in [5.74, 6) is -0.0744. The number of carbonyl (C=O) groups is 1. The Morgan fingerprint density at radius 3 is 2.67 bits per heavy atom. The monoisotopic (exact) mass is 420 g/mol. The van der Waals surface area contributed by atoms with E-state index in [0.717, 1.165) is 38.8 Å². The van der Waals surface area contributed by atoms with Crippen LogP contribution in [0.3, 0.4) is 0 Å². The zero-order valence-corrected chi connectivity index (χ0v) is 17.8. The summed E-state index contributed by atoms with van der Waals surface area (Å²) in [5, 5.41) is 5.99. The van der Waals surface area contributed by atoms with E-state index in [9.17, 15) is 4.79 Å². The van der Waals surface area contributed by atoms with Gasteiger partial charge in [0, 0.05) is 35.4 Å². The van der Waals surface area contributed by atoms with Crippen molar-refractivity contribution in [3.05, 3.63) is 88.1 Å². The third-order valence-corrected chi connectivity index (χ3v) is 6.11. The molecule has 0 spiro atoms. The van der Waals surface area contributed by atoms with Crippen LogP contribution in [0.25, 0.3) is 10.6 Å². The first-order valence-corrected chi connectivity index (χ1v) is 10.6. The van der Waals surface area contributed by atoms with Gasteiger partial charge in [-0.25, -0.2) is 4.98 Å². The zero-order chi connectivity index (χ0) is 21.1. The molecule has 0 saturated carbocycles. The van der Waals surface area contributed by atoms with Crippen LogP contribution in [-0.2, 0) is 19.6 Å². The van der Waals surface area contributed by atoms with Crippen LogP contribution in [0, 0.1) is 13.8 Å². The minimum atomic E-state index is -0.0744. The number of benzene rings is 1. The number of furan rings is 1. The second kappa shape index (κ2) is 8.69. The molecule has 4 rings (SSSR count). The molecule has 0 fully saturated rings. The lowest BCUT2D eigenvalue weighted by Crippen LogP contribution is -2.23. The van der Waals surface area contributed by atoms with Crippen molar-refractivity contribution in [3.8, 4) is 10.6 Å². The molecular formula is C23H24N4O2S. The lowest BCUT2D eigenvalue weighted by molar-refractivity contribution is 0.0950. The van der Waals surface area contributed by atoms with Crippen molar-refractivity contribution in [2.45, 2.75) is 33.5 Å². The predicted molar refractivity (Wildman–Crippen MR) is 118 cm³/mol. The number of nitrogens with one attached hydrogen (secondary N) is 1. The normalized spacial score (nSPS) is 11.0. The summed E-state index contributed by atoms with van der Waals surface area (Å²) in [7, 11) is 0. The van der Waals surface area contributed by atoms with Crippen molar-refractivity contribution < 1.29 is 9.21 Å². The largest absolute Gasteiger partial charge is 0.472 e. The van der Waals surface area contributed by atoms with Gasteiger partial charge in [0.05, 0.1) is 24.1 Å². The van der Waals surface area contributed by atoms with E-state index >= 15 is 0 Å². The Morgan fingerprint density at radius 1 is 1.20 bits per heavy atom. The van der Waals surface area contributed by atoms with Crippen LogP contribution in [0.4, 0.5) is 0 Å². The van der Waals surface area contributed by atoms with E-state index in [4.69, 9.17) is 15.1 Å². The molecule has 0 saturated heterocycles. The number of carbonyl (C=O) groups excluding carboxylic acids is 1. The second-order valence-corrected chi connectivity index (χ2v) is 8.09. The molecule has 3 N–H and O–H groups in total. The highest BCUT2D eigenvalue weighted by atomic mass is 32.1. The first-order valence-electron chi connectivity index (χ1n) is 9.75. The molecule has 7 heteroatoms. The summed E-state index contributed by atoms with van der Waals surface area (Å²) in [6.07, 6.45) is 3.34. The summed E-state index contributed by atoms with van der Waals surface area (Å²) in [4.78, 5) is 17.5. The summed E-state index contributed by atoms with van der Waals surface area (Å²) < 4.78 is 7.27. The van der Waals surface area contributed by atoms with Gasteiger partial charge in [-0.05, 0) is 37.1 Å². The van der Waals surface area contributed by atoms with Gasteiger partial charge in [-0.2, -0.15) is 0 Å². The van der Waals surface area contributed by atoms with Crippen LogP contribution in [0.5, 0.6) is 0 Å². The predicted octanol–water partition coefficient (Wildman–Crippen LogP) is 4.26. The van der Waals surface area contributed by atoms with E-state index in [1.807, 2.05) is 55.6 Å². The molecule has 0 unspecified atom stereocenters. The number of aryl methyl sites for hydroxylation is 1. The van der Waals surface area contributed by atoms with Crippen molar-refractivity contribution >= 4 is 17.2 Å². The number of nitrogens with two attached hydrogens (primary N) is 1. The van der Waals surface area contributed by atoms with E-state index in [1.54, 1.807) is 23.9 Å². The topological polar surface area (TPSA) is 86.1 Å². The Hall–Kier alpha value is -3.16. The third-order valence-electron chi connectivity index (χ3n) is 5.17. The number of amides is 1. The van der Waals surface area contributed by atoms with Crippen molar-refractivity contribution in [1.82, 2.24) is 14.9 Å². The Balaban J connectivity index is 1.45. The molecule has 4 aromatic rings. The smallest absolute Gasteiger partial charge is 0.253 e. The minimum Gasteiger partial charge on any atom is -0.472 e. The molecule has 0 bridgehead atoms. The molecule has 0 aliphatic rings. The molecule has 154 valence electrons. The Kier molecular flexibility index (Phi) is 5.83. The summed E-state index contributed by atoms with van der Waals surface area (Å²) in [5.41, 5.74) is 12.3. The molecule has 0 aliphatic heterocycles. The van der Waals surface area contributed by atoms with Gasteiger partial charge < -0.3 is 20.0 Å². The quantitative estimate of drug-likeness (QED) is 0.468. The number of hydrogen-bond acceptors (Lipinski definition) is 5. The second-order valence-electron chi connectivity index (χ2n) is 7.23. The standard InChI is InChI=1S/C23H24N4O2S/c1-15-9-21(22(28)25-11-18-5-3-17(10-24)4-6-18)16(2)27(15)12-20-14-30-23(26-20)19-7-8-29-13-19/h3-9,13-14H,10-12,24H2,1-2H3,(H,25,28). The Morgan fingerprint density at radius 2 is 1.97 bits per heavy atom. The number of nitrogens with zero attached hydrogens (tertiary/aromatic N) is 2. The molecular weight excluding hydrogens is 396 g/mol. The molecule has 3 aromatic heterocycles. The molecule has 1 aromatic carbocycles. The first kappa shape index (κ1) is 20.1. The molecule has 0 radical (unpaired) electrons. The highest BCUT2D eigenvalue weighted by molar-refractivity contribution is 7.13. The van der Waals surface area contributed by atoms with Crippen LogP contribution < -0.4 is 11.1 Å². The Bertz CT molecular complexity index is 1140. The van der Waals surface area contributed by atoms with Crippen molar-refractivity contribution in [2.24, 2.45) is 5.73 Å². The van der Waals surface area contributed by atoms with Crippen molar-refractivity contribution in [3.63, 3.8) is 0 Å². The van der Waals surface area contributed by atoms with Crippen LogP contribution in [0.15, 0.2) is 58.7 Å². The van der Waals surface area contributed by atoms with Gasteiger partial charge in [0.2, 0.25) is 0 Å². The van der Waals surface area contributed by atoms with Gasteiger partial charge in [0.15, 0.2) is 0 Å². The summed E-state index contributed by atoms with van der Waals surface area (Å²) in [6, 6.07) is 11.8. The highest BCUT2D eigenvalue weighted by Gasteiger charge is 2.17. The van der Waals surface area contributed by atoms with Gasteiger partial charge in [0.25, 0.3) is 5.91 Å². The zero-order valence-electron chi connectivity index (χ0n) is 17.0. The van der Waals surface area contributed by atoms with Gasteiger partial charge in [0.1, 0.15) is 11.3 Å². The lowest BCUT2D eigenvalue weighted by Gasteiger charge is -2.09. The molecule has 30 heavy (non-hydrogen) atoms. The summed E-state index contributed by atoms with van der Waals surface area (Å²) in [6.45, 7) is 5.61. The van der Waals surface area contributed by atoms with E-state index < -0.39 is 0 Å². The van der Waals surface area contributed by atoms with Gasteiger partial charge >= 0.3 is 0 Å². The maximum atomic E-state index is 12.8. The molecule has 6 nitrogen and oxygen atoms in total. The fourth-order valence-corrected chi connectivity index (χ4v) is 4.20. The number of thiazole rings is 1. The van der Waals surface area contributed by atoms with Crippen molar-refractivity contribution in [2.75, 3.05) is 0 Å². The first-order chi connectivity index (χ1) is 14.5. The van der Waals surface area contributed by atoms with E-state index in [-0.39, 0.29) is 5.91 Å². The molecule has 0 atom stereocenters. The fraction of sp³-hybridized carbons (Fsp3) is 0.217. The molecule has 1 amide bonds. The maximum Gasteiger partial charge on any atom is 0.253 e. The average molecular weight is 421 g/mol. The van der Waals surface area contributed by atoms with Gasteiger partial charge in [-0.15, -0.1) is 11.3 Å². The van der Waals surface area contributed by atoms with Crippen LogP contribution in [0.1, 0.15) is 38.6 Å². The Labute approximate surface area is 179 Å². The van der Waals surface area contributed by atoms with Crippen LogP contribution >= 0.6 is 11.3 Å². The third kappa shape index (κ3) is 4.22. The average Bonchev–Trinajstić information content (AvgIpc) is 3.50. The lowest BCUT2D eigenvalue weighted by atomic mass is 10.1. The van der Waals surface area contributed by atoms with Crippen LogP contribution in [-0.4, -0.2) is 15.5 Å². The van der Waals surface area contributed by atoms with Crippen molar-refractivity contribution in [1.29, 1.82) is 0 Å². The van der Waals surface area contributed by atoms with E-state index in [0.29, 0.717) is 25.2 Å². The minimum absolute atomic E-state index is 0.0744. The molecule has 0 aliphatic carbocycles. The SMILES string of the molecule is Cc1cc(C(=O)NCc2ccc(CN)cc2)c(C)n1Cc1csc(-c2ccoc2)n1. The number of aromatic nitrogens is 2.